The van der Waals surface area contributed by atoms with Crippen LogP contribution in [0.25, 0.3) is 6.08 Å². The highest BCUT2D eigenvalue weighted by molar-refractivity contribution is 7.80. The molecule has 4 nitrogen and oxygen atoms in total. The Labute approximate surface area is 147 Å². The van der Waals surface area contributed by atoms with E-state index in [1.807, 2.05) is 62.4 Å². The van der Waals surface area contributed by atoms with Gasteiger partial charge in [0, 0.05) is 6.08 Å². The highest BCUT2D eigenvalue weighted by Gasteiger charge is 2.06. The Morgan fingerprint density at radius 3 is 2.58 bits per heavy atom. The molecule has 0 unspecified atom stereocenters. The molecular formula is C19H20N2O2S. The quantitative estimate of drug-likeness (QED) is 0.640. The fraction of sp³-hybridized carbons (Fsp3) is 0.158. The number of benzene rings is 2. The number of amides is 1. The van der Waals surface area contributed by atoms with Gasteiger partial charge in [0.2, 0.25) is 5.91 Å². The monoisotopic (exact) mass is 340 g/mol. The minimum absolute atomic E-state index is 0.223. The van der Waals surface area contributed by atoms with Crippen molar-refractivity contribution in [2.45, 2.75) is 13.8 Å². The van der Waals surface area contributed by atoms with E-state index in [1.165, 1.54) is 11.6 Å². The third kappa shape index (κ3) is 5.52. The summed E-state index contributed by atoms with van der Waals surface area (Å²) in [6.45, 7) is 4.48. The van der Waals surface area contributed by atoms with Gasteiger partial charge in [-0.05, 0) is 49.8 Å². The molecule has 2 rings (SSSR count). The molecule has 0 atom stereocenters. The number of hydrogen-bond acceptors (Lipinski definition) is 3. The zero-order valence-electron chi connectivity index (χ0n) is 13.7. The Morgan fingerprint density at radius 2 is 1.88 bits per heavy atom. The largest absolute Gasteiger partial charge is 0.492 e. The molecule has 2 aromatic carbocycles. The van der Waals surface area contributed by atoms with Crippen molar-refractivity contribution in [2.24, 2.45) is 0 Å². The van der Waals surface area contributed by atoms with E-state index in [0.29, 0.717) is 18.0 Å². The number of rotatable bonds is 5. The van der Waals surface area contributed by atoms with E-state index in [9.17, 15) is 4.79 Å². The van der Waals surface area contributed by atoms with Crippen LogP contribution in [0.2, 0.25) is 0 Å². The van der Waals surface area contributed by atoms with Crippen LogP contribution < -0.4 is 15.4 Å². The van der Waals surface area contributed by atoms with Gasteiger partial charge in [0.15, 0.2) is 5.11 Å². The van der Waals surface area contributed by atoms with Gasteiger partial charge in [-0.1, -0.05) is 42.0 Å². The molecule has 5 heteroatoms. The van der Waals surface area contributed by atoms with Gasteiger partial charge >= 0.3 is 0 Å². The van der Waals surface area contributed by atoms with Gasteiger partial charge in [-0.15, -0.1) is 0 Å². The van der Waals surface area contributed by atoms with Crippen molar-refractivity contribution in [3.8, 4) is 5.75 Å². The minimum atomic E-state index is -0.290. The van der Waals surface area contributed by atoms with Crippen LogP contribution in [0.15, 0.2) is 54.6 Å². The molecule has 2 aromatic rings. The van der Waals surface area contributed by atoms with Crippen molar-refractivity contribution in [3.05, 3.63) is 65.7 Å². The first-order valence-electron chi connectivity index (χ1n) is 7.67. The number of para-hydroxylation sites is 2. The van der Waals surface area contributed by atoms with E-state index < -0.39 is 0 Å². The Kier molecular flexibility index (Phi) is 6.51. The molecule has 0 aliphatic rings. The number of thiocarbonyl (C=S) groups is 1. The maximum atomic E-state index is 11.9. The van der Waals surface area contributed by atoms with Gasteiger partial charge in [-0.3, -0.25) is 10.1 Å². The lowest BCUT2D eigenvalue weighted by Gasteiger charge is -2.12. The highest BCUT2D eigenvalue weighted by atomic mass is 32.1. The standard InChI is InChI=1S/C19H20N2O2S/c1-3-23-17-7-5-4-6-16(17)20-19(24)21-18(22)13-12-15-10-8-14(2)9-11-15/h4-13H,3H2,1-2H3,(H2,20,21,22,24). The maximum absolute atomic E-state index is 11.9. The predicted molar refractivity (Wildman–Crippen MR) is 102 cm³/mol. The molecule has 0 aromatic heterocycles. The molecule has 0 saturated carbocycles. The summed E-state index contributed by atoms with van der Waals surface area (Å²) in [6.07, 6.45) is 3.19. The fourth-order valence-electron chi connectivity index (χ4n) is 2.01. The minimum Gasteiger partial charge on any atom is -0.492 e. The molecule has 0 radical (unpaired) electrons. The van der Waals surface area contributed by atoms with E-state index in [0.717, 1.165) is 5.56 Å². The van der Waals surface area contributed by atoms with E-state index in [-0.39, 0.29) is 11.0 Å². The molecule has 0 aliphatic heterocycles. The molecular weight excluding hydrogens is 320 g/mol. The van der Waals surface area contributed by atoms with Gasteiger partial charge in [0.05, 0.1) is 12.3 Å². The second-order valence-electron chi connectivity index (χ2n) is 5.12. The number of anilines is 1. The van der Waals surface area contributed by atoms with E-state index in [1.54, 1.807) is 6.08 Å². The summed E-state index contributed by atoms with van der Waals surface area (Å²) in [5, 5.41) is 5.81. The van der Waals surface area contributed by atoms with Crippen LogP contribution in [0.3, 0.4) is 0 Å². The van der Waals surface area contributed by atoms with Crippen molar-refractivity contribution in [3.63, 3.8) is 0 Å². The van der Waals surface area contributed by atoms with Crippen molar-refractivity contribution in [1.82, 2.24) is 5.32 Å². The van der Waals surface area contributed by atoms with E-state index in [4.69, 9.17) is 17.0 Å². The first-order chi connectivity index (χ1) is 11.6. The average molecular weight is 340 g/mol. The molecule has 1 amide bonds. The summed E-state index contributed by atoms with van der Waals surface area (Å²) < 4.78 is 5.51. The number of nitrogens with one attached hydrogen (secondary N) is 2. The fourth-order valence-corrected chi connectivity index (χ4v) is 2.22. The van der Waals surface area contributed by atoms with Gasteiger partial charge in [-0.25, -0.2) is 0 Å². The van der Waals surface area contributed by atoms with Gasteiger partial charge in [0.25, 0.3) is 0 Å². The molecule has 0 bridgehead atoms. The third-order valence-electron chi connectivity index (χ3n) is 3.18. The van der Waals surface area contributed by atoms with Gasteiger partial charge in [-0.2, -0.15) is 0 Å². The Balaban J connectivity index is 1.92. The highest BCUT2D eigenvalue weighted by Crippen LogP contribution is 2.23. The number of hydrogen-bond donors (Lipinski definition) is 2. The smallest absolute Gasteiger partial charge is 0.250 e. The number of ether oxygens (including phenoxy) is 1. The van der Waals surface area contributed by atoms with Gasteiger partial charge in [0.1, 0.15) is 5.75 Å². The maximum Gasteiger partial charge on any atom is 0.250 e. The zero-order valence-corrected chi connectivity index (χ0v) is 14.5. The second kappa shape index (κ2) is 8.84. The zero-order chi connectivity index (χ0) is 17.4. The van der Waals surface area contributed by atoms with Gasteiger partial charge < -0.3 is 10.1 Å². The van der Waals surface area contributed by atoms with Crippen LogP contribution in [0, 0.1) is 6.92 Å². The van der Waals surface area contributed by atoms with Crippen LogP contribution in [0.4, 0.5) is 5.69 Å². The van der Waals surface area contributed by atoms with E-state index >= 15 is 0 Å². The number of carbonyl (C=O) groups excluding carboxylic acids is 1. The lowest BCUT2D eigenvalue weighted by Crippen LogP contribution is -2.32. The summed E-state index contributed by atoms with van der Waals surface area (Å²) >= 11 is 5.17. The first-order valence-corrected chi connectivity index (χ1v) is 8.08. The van der Waals surface area contributed by atoms with Crippen molar-refractivity contribution < 1.29 is 9.53 Å². The Hall–Kier alpha value is -2.66. The summed E-state index contributed by atoms with van der Waals surface area (Å²) in [6, 6.07) is 15.3. The summed E-state index contributed by atoms with van der Waals surface area (Å²) in [5.74, 6) is 0.397. The molecule has 0 heterocycles. The molecule has 24 heavy (non-hydrogen) atoms. The summed E-state index contributed by atoms with van der Waals surface area (Å²) in [5.41, 5.74) is 2.85. The van der Waals surface area contributed by atoms with Crippen molar-refractivity contribution in [2.75, 3.05) is 11.9 Å². The predicted octanol–water partition coefficient (Wildman–Crippen LogP) is 3.92. The molecule has 0 saturated heterocycles. The average Bonchev–Trinajstić information content (AvgIpc) is 2.56. The van der Waals surface area contributed by atoms with Crippen LogP contribution in [-0.2, 0) is 4.79 Å². The molecule has 124 valence electrons. The molecule has 0 spiro atoms. The molecule has 0 fully saturated rings. The van der Waals surface area contributed by atoms with Crippen LogP contribution >= 0.6 is 12.2 Å². The number of carbonyl (C=O) groups is 1. The summed E-state index contributed by atoms with van der Waals surface area (Å²) in [4.78, 5) is 11.9. The Bertz CT molecular complexity index is 739. The third-order valence-corrected chi connectivity index (χ3v) is 3.38. The lowest BCUT2D eigenvalue weighted by molar-refractivity contribution is -0.115. The van der Waals surface area contributed by atoms with Crippen LogP contribution in [0.5, 0.6) is 5.75 Å². The molecule has 0 aliphatic carbocycles. The van der Waals surface area contributed by atoms with Crippen molar-refractivity contribution >= 4 is 35.0 Å². The SMILES string of the molecule is CCOc1ccccc1NC(=S)NC(=O)C=Cc1ccc(C)cc1. The first kappa shape index (κ1) is 17.7. The lowest BCUT2D eigenvalue weighted by atomic mass is 10.1. The topological polar surface area (TPSA) is 50.4 Å². The Morgan fingerprint density at radius 1 is 1.17 bits per heavy atom. The summed E-state index contributed by atoms with van der Waals surface area (Å²) in [7, 11) is 0. The molecule has 2 N–H and O–H groups in total. The van der Waals surface area contributed by atoms with Crippen molar-refractivity contribution in [1.29, 1.82) is 0 Å². The number of aryl methyl sites for hydroxylation is 1. The normalized spacial score (nSPS) is 10.4. The van der Waals surface area contributed by atoms with Crippen LogP contribution in [-0.4, -0.2) is 17.6 Å². The van der Waals surface area contributed by atoms with Crippen LogP contribution in [0.1, 0.15) is 18.1 Å². The second-order valence-corrected chi connectivity index (χ2v) is 5.52. The van der Waals surface area contributed by atoms with E-state index in [2.05, 4.69) is 10.6 Å².